The van der Waals surface area contributed by atoms with Crippen molar-refractivity contribution >= 4 is 23.5 Å². The fourth-order valence-corrected chi connectivity index (χ4v) is 2.30. The average molecular weight is 272 g/mol. The summed E-state index contributed by atoms with van der Waals surface area (Å²) in [6.45, 7) is 1.23. The summed E-state index contributed by atoms with van der Waals surface area (Å²) in [5, 5.41) is 12.5. The molecule has 1 aromatic rings. The smallest absolute Gasteiger partial charge is 0.327 e. The first kappa shape index (κ1) is 12.9. The molecule has 0 saturated carbocycles. The lowest BCUT2D eigenvalue weighted by Gasteiger charge is -2.33. The summed E-state index contributed by atoms with van der Waals surface area (Å²) >= 11 is 5.83. The van der Waals surface area contributed by atoms with Gasteiger partial charge in [-0.05, 0) is 6.07 Å². The molecule has 2 N–H and O–H groups in total. The van der Waals surface area contributed by atoms with Crippen LogP contribution in [0, 0.1) is 0 Å². The molecular formula is C11H14ClN3O3. The van der Waals surface area contributed by atoms with Crippen LogP contribution in [0.1, 0.15) is 10.5 Å². The topological polar surface area (TPSA) is 74.6 Å². The normalized spacial score (nSPS) is 19.9. The van der Waals surface area contributed by atoms with Crippen molar-refractivity contribution in [3.05, 3.63) is 23.0 Å². The minimum Gasteiger partial charge on any atom is -0.480 e. The summed E-state index contributed by atoms with van der Waals surface area (Å²) in [7, 11) is 1.71. The van der Waals surface area contributed by atoms with Crippen LogP contribution in [0.4, 0.5) is 0 Å². The Morgan fingerprint density at radius 1 is 1.56 bits per heavy atom. The van der Waals surface area contributed by atoms with Gasteiger partial charge in [-0.25, -0.2) is 4.79 Å². The second-order valence-electron chi connectivity index (χ2n) is 4.21. The van der Waals surface area contributed by atoms with E-state index in [2.05, 4.69) is 5.32 Å². The van der Waals surface area contributed by atoms with Gasteiger partial charge in [-0.15, -0.1) is 0 Å². The minimum atomic E-state index is -1.00. The van der Waals surface area contributed by atoms with Gasteiger partial charge < -0.3 is 19.9 Å². The van der Waals surface area contributed by atoms with Crippen molar-refractivity contribution in [3.8, 4) is 0 Å². The predicted molar refractivity (Wildman–Crippen MR) is 65.8 cm³/mol. The van der Waals surface area contributed by atoms with E-state index in [4.69, 9.17) is 16.7 Å². The van der Waals surface area contributed by atoms with E-state index in [1.807, 2.05) is 0 Å². The van der Waals surface area contributed by atoms with E-state index < -0.39 is 12.0 Å². The number of hydrogen-bond donors (Lipinski definition) is 2. The van der Waals surface area contributed by atoms with Crippen LogP contribution in [0.25, 0.3) is 0 Å². The number of piperazine rings is 1. The molecule has 0 spiro atoms. The highest BCUT2D eigenvalue weighted by atomic mass is 35.5. The summed E-state index contributed by atoms with van der Waals surface area (Å²) in [5.41, 5.74) is 0.396. The molecule has 1 atom stereocenters. The fraction of sp³-hybridized carbons (Fsp3) is 0.455. The molecule has 98 valence electrons. The Kier molecular flexibility index (Phi) is 3.58. The second-order valence-corrected chi connectivity index (χ2v) is 4.65. The van der Waals surface area contributed by atoms with Crippen molar-refractivity contribution in [2.24, 2.45) is 7.05 Å². The molecule has 1 aliphatic heterocycles. The summed E-state index contributed by atoms with van der Waals surface area (Å²) in [4.78, 5) is 24.8. The van der Waals surface area contributed by atoms with E-state index in [1.165, 1.54) is 4.90 Å². The molecule has 0 aromatic carbocycles. The molecule has 0 aliphatic carbocycles. The van der Waals surface area contributed by atoms with Gasteiger partial charge >= 0.3 is 5.97 Å². The number of aryl methyl sites for hydroxylation is 1. The first-order valence-electron chi connectivity index (χ1n) is 5.57. The zero-order chi connectivity index (χ0) is 13.3. The molecule has 1 aliphatic rings. The van der Waals surface area contributed by atoms with Gasteiger partial charge in [0.1, 0.15) is 11.7 Å². The highest BCUT2D eigenvalue weighted by Gasteiger charge is 2.33. The highest BCUT2D eigenvalue weighted by molar-refractivity contribution is 6.31. The average Bonchev–Trinajstić information content (AvgIpc) is 2.67. The number of hydrogen-bond acceptors (Lipinski definition) is 3. The Balaban J connectivity index is 2.26. The third kappa shape index (κ3) is 2.34. The van der Waals surface area contributed by atoms with E-state index in [1.54, 1.807) is 23.9 Å². The van der Waals surface area contributed by atoms with Gasteiger partial charge in [0.05, 0.1) is 5.02 Å². The highest BCUT2D eigenvalue weighted by Crippen LogP contribution is 2.16. The number of carboxylic acids is 1. The lowest BCUT2D eigenvalue weighted by Crippen LogP contribution is -2.57. The molecule has 1 saturated heterocycles. The zero-order valence-corrected chi connectivity index (χ0v) is 10.6. The number of carbonyl (C=O) groups excluding carboxylic acids is 1. The molecule has 0 bridgehead atoms. The number of nitrogens with one attached hydrogen (secondary N) is 1. The van der Waals surface area contributed by atoms with E-state index in [9.17, 15) is 9.59 Å². The Morgan fingerprint density at radius 2 is 2.28 bits per heavy atom. The number of aliphatic carboxylic acids is 1. The third-order valence-corrected chi connectivity index (χ3v) is 3.19. The van der Waals surface area contributed by atoms with E-state index >= 15 is 0 Å². The van der Waals surface area contributed by atoms with E-state index in [-0.39, 0.29) is 12.5 Å². The molecule has 2 rings (SSSR count). The van der Waals surface area contributed by atoms with E-state index in [0.717, 1.165) is 0 Å². The van der Waals surface area contributed by atoms with Crippen molar-refractivity contribution in [2.75, 3.05) is 19.6 Å². The summed E-state index contributed by atoms with van der Waals surface area (Å²) in [6.07, 6.45) is 1.62. The van der Waals surface area contributed by atoms with Crippen LogP contribution in [-0.2, 0) is 11.8 Å². The standard InChI is InChI=1S/C11H14ClN3O3/c1-14-6-7(12)4-8(14)10(16)15-3-2-13-5-9(15)11(17)18/h4,6,9,13H,2-3,5H2,1H3,(H,17,18). The first-order chi connectivity index (χ1) is 8.50. The number of carbonyl (C=O) groups is 2. The lowest BCUT2D eigenvalue weighted by molar-refractivity contribution is -0.142. The van der Waals surface area contributed by atoms with Crippen molar-refractivity contribution < 1.29 is 14.7 Å². The number of aromatic nitrogens is 1. The van der Waals surface area contributed by atoms with Crippen molar-refractivity contribution in [3.63, 3.8) is 0 Å². The molecule has 0 radical (unpaired) electrons. The van der Waals surface area contributed by atoms with Crippen molar-refractivity contribution in [2.45, 2.75) is 6.04 Å². The molecule has 18 heavy (non-hydrogen) atoms. The quantitative estimate of drug-likeness (QED) is 0.805. The maximum absolute atomic E-state index is 12.3. The zero-order valence-electron chi connectivity index (χ0n) is 9.89. The SMILES string of the molecule is Cn1cc(Cl)cc1C(=O)N1CCNCC1C(=O)O. The minimum absolute atomic E-state index is 0.263. The van der Waals surface area contributed by atoms with Gasteiger partial charge in [0.25, 0.3) is 5.91 Å². The van der Waals surface area contributed by atoms with Crippen LogP contribution >= 0.6 is 11.6 Å². The molecule has 6 nitrogen and oxygen atoms in total. The molecule has 2 heterocycles. The first-order valence-corrected chi connectivity index (χ1v) is 5.95. The van der Waals surface area contributed by atoms with Gasteiger partial charge in [-0.2, -0.15) is 0 Å². The van der Waals surface area contributed by atoms with Gasteiger partial charge in [-0.3, -0.25) is 4.79 Å². The second kappa shape index (κ2) is 4.99. The molecule has 1 unspecified atom stereocenters. The van der Waals surface area contributed by atoms with Gasteiger partial charge in [0.2, 0.25) is 0 Å². The maximum Gasteiger partial charge on any atom is 0.327 e. The van der Waals surface area contributed by atoms with Crippen LogP contribution in [0.3, 0.4) is 0 Å². The van der Waals surface area contributed by atoms with Crippen molar-refractivity contribution in [1.82, 2.24) is 14.8 Å². The van der Waals surface area contributed by atoms with Gasteiger partial charge in [0, 0.05) is 32.9 Å². The van der Waals surface area contributed by atoms with Crippen LogP contribution in [0.15, 0.2) is 12.3 Å². The number of nitrogens with zero attached hydrogens (tertiary/aromatic N) is 2. The van der Waals surface area contributed by atoms with Crippen LogP contribution in [0.5, 0.6) is 0 Å². The van der Waals surface area contributed by atoms with Crippen LogP contribution in [-0.4, -0.2) is 52.1 Å². The molecular weight excluding hydrogens is 258 g/mol. The van der Waals surface area contributed by atoms with Gasteiger partial charge in [-0.1, -0.05) is 11.6 Å². The largest absolute Gasteiger partial charge is 0.480 e. The maximum atomic E-state index is 12.3. The summed E-state index contributed by atoms with van der Waals surface area (Å²) in [5.74, 6) is -1.31. The third-order valence-electron chi connectivity index (χ3n) is 2.98. The lowest BCUT2D eigenvalue weighted by atomic mass is 10.1. The number of halogens is 1. The fourth-order valence-electron chi connectivity index (χ4n) is 2.05. The molecule has 1 fully saturated rings. The monoisotopic (exact) mass is 271 g/mol. The van der Waals surface area contributed by atoms with E-state index in [0.29, 0.717) is 23.8 Å². The Labute approximate surface area is 109 Å². The summed E-state index contributed by atoms with van der Waals surface area (Å²) in [6, 6.07) is 0.713. The van der Waals surface area contributed by atoms with Gasteiger partial charge in [0.15, 0.2) is 0 Å². The number of amides is 1. The van der Waals surface area contributed by atoms with Crippen molar-refractivity contribution in [1.29, 1.82) is 0 Å². The molecule has 7 heteroatoms. The number of carboxylic acid groups (broad SMARTS) is 1. The van der Waals surface area contributed by atoms with Crippen LogP contribution < -0.4 is 5.32 Å². The Hall–Kier alpha value is -1.53. The Bertz CT molecular complexity index is 486. The predicted octanol–water partition coefficient (Wildman–Crippen LogP) is 0.177. The molecule has 1 amide bonds. The number of rotatable bonds is 2. The Morgan fingerprint density at radius 3 is 2.83 bits per heavy atom. The summed E-state index contributed by atoms with van der Waals surface area (Å²) < 4.78 is 1.60. The van der Waals surface area contributed by atoms with Crippen LogP contribution in [0.2, 0.25) is 5.02 Å². The molecule has 1 aromatic heterocycles.